The molecule has 118 valence electrons. The molecule has 1 fully saturated rings. The zero-order valence-electron chi connectivity index (χ0n) is 13.1. The molecular weight excluding hydrogens is 278 g/mol. The summed E-state index contributed by atoms with van der Waals surface area (Å²) in [6, 6.07) is -0.540. The summed E-state index contributed by atoms with van der Waals surface area (Å²) in [5.41, 5.74) is 0. The number of amides is 1. The van der Waals surface area contributed by atoms with Gasteiger partial charge in [0.15, 0.2) is 14.6 Å². The Morgan fingerprint density at radius 1 is 1.40 bits per heavy atom. The molecule has 20 heavy (non-hydrogen) atoms. The molecule has 1 aliphatic heterocycles. The van der Waals surface area contributed by atoms with Crippen molar-refractivity contribution in [1.82, 2.24) is 5.32 Å². The van der Waals surface area contributed by atoms with Crippen molar-refractivity contribution in [3.05, 3.63) is 0 Å². The third kappa shape index (κ3) is 3.79. The Bertz CT molecular complexity index is 355. The third-order valence-electron chi connectivity index (χ3n) is 4.14. The number of hydrogen-bond donors (Lipinski definition) is 3. The molecule has 0 aliphatic carbocycles. The molecule has 4 atom stereocenters. The van der Waals surface area contributed by atoms with Crippen LogP contribution in [0.25, 0.3) is 0 Å². The topological polar surface area (TPSA) is 88.0 Å². The van der Waals surface area contributed by atoms with Crippen molar-refractivity contribution in [2.75, 3.05) is 6.61 Å². The van der Waals surface area contributed by atoms with Gasteiger partial charge >= 0.3 is 0 Å². The van der Waals surface area contributed by atoms with E-state index in [0.29, 0.717) is 0 Å². The first-order valence-electron chi connectivity index (χ1n) is 6.89. The first-order valence-corrected chi connectivity index (χ1v) is 9.79. The second kappa shape index (κ2) is 6.11. The molecule has 1 amide bonds. The number of hydrogen-bond acceptors (Lipinski definition) is 5. The number of ether oxygens (including phenoxy) is 1. The molecule has 1 aliphatic rings. The van der Waals surface area contributed by atoms with E-state index in [0.717, 1.165) is 0 Å². The second-order valence-electron chi connectivity index (χ2n) is 6.82. The van der Waals surface area contributed by atoms with Crippen molar-refractivity contribution in [3.8, 4) is 0 Å². The SMILES string of the molecule is CC(=O)NC1[C@@H](CO)O[C@@H](O)[C@H]1O[Si](C)(C)C(C)(C)C. The fraction of sp³-hybridized carbons (Fsp3) is 0.923. The molecule has 0 aromatic carbocycles. The van der Waals surface area contributed by atoms with Crippen LogP contribution in [0.2, 0.25) is 18.1 Å². The van der Waals surface area contributed by atoms with Gasteiger partial charge in [0.25, 0.3) is 0 Å². The molecule has 1 saturated heterocycles. The van der Waals surface area contributed by atoms with Gasteiger partial charge in [-0.05, 0) is 18.1 Å². The van der Waals surface area contributed by atoms with E-state index in [4.69, 9.17) is 9.16 Å². The van der Waals surface area contributed by atoms with Crippen LogP contribution in [0, 0.1) is 0 Å². The highest BCUT2D eigenvalue weighted by molar-refractivity contribution is 6.74. The van der Waals surface area contributed by atoms with E-state index in [1.165, 1.54) is 6.92 Å². The van der Waals surface area contributed by atoms with Gasteiger partial charge in [-0.1, -0.05) is 20.8 Å². The van der Waals surface area contributed by atoms with Crippen LogP contribution < -0.4 is 5.32 Å². The van der Waals surface area contributed by atoms with Crippen LogP contribution in [0.5, 0.6) is 0 Å². The largest absolute Gasteiger partial charge is 0.407 e. The first-order chi connectivity index (χ1) is 8.99. The Labute approximate surface area is 121 Å². The van der Waals surface area contributed by atoms with E-state index in [-0.39, 0.29) is 17.6 Å². The van der Waals surface area contributed by atoms with Gasteiger partial charge in [-0.25, -0.2) is 0 Å². The van der Waals surface area contributed by atoms with Crippen molar-refractivity contribution in [2.24, 2.45) is 0 Å². The average Bonchev–Trinajstić information content (AvgIpc) is 2.54. The normalized spacial score (nSPS) is 31.4. The molecule has 6 nitrogen and oxygen atoms in total. The summed E-state index contributed by atoms with van der Waals surface area (Å²) in [4.78, 5) is 11.3. The summed E-state index contributed by atoms with van der Waals surface area (Å²) in [6.07, 6.45) is -2.45. The molecule has 0 aromatic rings. The van der Waals surface area contributed by atoms with Crippen molar-refractivity contribution in [2.45, 2.75) is 70.4 Å². The Morgan fingerprint density at radius 3 is 2.35 bits per heavy atom. The summed E-state index contributed by atoms with van der Waals surface area (Å²) in [7, 11) is -2.12. The van der Waals surface area contributed by atoms with E-state index in [2.05, 4.69) is 39.2 Å². The van der Waals surface area contributed by atoms with E-state index in [1.54, 1.807) is 0 Å². The monoisotopic (exact) mass is 305 g/mol. The fourth-order valence-corrected chi connectivity index (χ4v) is 3.24. The summed E-state index contributed by atoms with van der Waals surface area (Å²) < 4.78 is 11.4. The van der Waals surface area contributed by atoms with Crippen LogP contribution in [0.4, 0.5) is 0 Å². The summed E-state index contributed by atoms with van der Waals surface area (Å²) in [5.74, 6) is -0.241. The van der Waals surface area contributed by atoms with E-state index in [1.807, 2.05) is 0 Å². The minimum Gasteiger partial charge on any atom is -0.407 e. The molecule has 1 unspecified atom stereocenters. The van der Waals surface area contributed by atoms with Gasteiger partial charge in [-0.3, -0.25) is 4.79 Å². The molecule has 0 spiro atoms. The lowest BCUT2D eigenvalue weighted by atomic mass is 10.1. The number of rotatable bonds is 4. The first kappa shape index (κ1) is 17.6. The van der Waals surface area contributed by atoms with Gasteiger partial charge in [0.1, 0.15) is 12.2 Å². The number of carbonyl (C=O) groups excluding carboxylic acids is 1. The zero-order chi connectivity index (χ0) is 15.7. The van der Waals surface area contributed by atoms with Crippen LogP contribution in [-0.4, -0.2) is 55.6 Å². The van der Waals surface area contributed by atoms with Crippen LogP contribution in [-0.2, 0) is 14.0 Å². The lowest BCUT2D eigenvalue weighted by Gasteiger charge is -2.40. The predicted molar refractivity (Wildman–Crippen MR) is 77.6 cm³/mol. The maximum atomic E-state index is 11.3. The Morgan fingerprint density at radius 2 is 1.95 bits per heavy atom. The molecule has 0 saturated carbocycles. The van der Waals surface area contributed by atoms with Gasteiger partial charge < -0.3 is 24.7 Å². The highest BCUT2D eigenvalue weighted by Gasteiger charge is 2.49. The standard InChI is InChI=1S/C13H27NO5Si/c1-8(16)14-10-9(7-15)18-12(17)11(10)19-20(5,6)13(2,3)4/h9-12,15,17H,7H2,1-6H3,(H,14,16)/t9-,10?,11+,12-/m1/s1. The van der Waals surface area contributed by atoms with E-state index >= 15 is 0 Å². The Kier molecular flexibility index (Phi) is 5.37. The molecular formula is C13H27NO5Si. The van der Waals surface area contributed by atoms with Crippen LogP contribution in [0.3, 0.4) is 0 Å². The van der Waals surface area contributed by atoms with Crippen LogP contribution in [0.15, 0.2) is 0 Å². The fourth-order valence-electron chi connectivity index (χ4n) is 1.94. The van der Waals surface area contributed by atoms with Gasteiger partial charge in [-0.15, -0.1) is 0 Å². The third-order valence-corrected chi connectivity index (χ3v) is 8.61. The maximum absolute atomic E-state index is 11.3. The summed E-state index contributed by atoms with van der Waals surface area (Å²) in [6.45, 7) is 11.5. The molecule has 7 heteroatoms. The van der Waals surface area contributed by atoms with Crippen LogP contribution >= 0.6 is 0 Å². The molecule has 1 rings (SSSR count). The lowest BCUT2D eigenvalue weighted by Crippen LogP contribution is -2.54. The average molecular weight is 305 g/mol. The molecule has 3 N–H and O–H groups in total. The number of aliphatic hydroxyl groups excluding tert-OH is 2. The molecule has 0 aromatic heterocycles. The zero-order valence-corrected chi connectivity index (χ0v) is 14.1. The van der Waals surface area contributed by atoms with Gasteiger partial charge in [0.05, 0.1) is 12.6 Å². The summed E-state index contributed by atoms with van der Waals surface area (Å²) in [5, 5.41) is 22.0. The molecule has 0 bridgehead atoms. The number of nitrogens with one attached hydrogen (secondary N) is 1. The van der Waals surface area contributed by atoms with Gasteiger partial charge in [-0.2, -0.15) is 0 Å². The van der Waals surface area contributed by atoms with Crippen molar-refractivity contribution >= 4 is 14.2 Å². The quantitative estimate of drug-likeness (QED) is 0.662. The smallest absolute Gasteiger partial charge is 0.217 e. The molecule has 1 heterocycles. The van der Waals surface area contributed by atoms with E-state index in [9.17, 15) is 15.0 Å². The highest BCUT2D eigenvalue weighted by Crippen LogP contribution is 2.39. The lowest BCUT2D eigenvalue weighted by molar-refractivity contribution is -0.130. The second-order valence-corrected chi connectivity index (χ2v) is 11.6. The van der Waals surface area contributed by atoms with Gasteiger partial charge in [0.2, 0.25) is 5.91 Å². The van der Waals surface area contributed by atoms with Crippen LogP contribution in [0.1, 0.15) is 27.7 Å². The number of aliphatic hydroxyl groups is 2. The maximum Gasteiger partial charge on any atom is 0.217 e. The van der Waals surface area contributed by atoms with Crippen molar-refractivity contribution in [1.29, 1.82) is 0 Å². The highest BCUT2D eigenvalue weighted by atomic mass is 28.4. The minimum atomic E-state index is -2.12. The Hall–Kier alpha value is -0.473. The van der Waals surface area contributed by atoms with E-state index < -0.39 is 32.9 Å². The molecule has 0 radical (unpaired) electrons. The van der Waals surface area contributed by atoms with Crippen molar-refractivity contribution in [3.63, 3.8) is 0 Å². The Balaban J connectivity index is 2.92. The minimum absolute atomic E-state index is 0.0230. The van der Waals surface area contributed by atoms with Gasteiger partial charge in [0, 0.05) is 6.92 Å². The number of carbonyl (C=O) groups is 1. The summed E-state index contributed by atoms with van der Waals surface area (Å²) >= 11 is 0. The predicted octanol–water partition coefficient (Wildman–Crippen LogP) is 0.591. The van der Waals surface area contributed by atoms with Crippen molar-refractivity contribution < 1.29 is 24.2 Å².